The van der Waals surface area contributed by atoms with E-state index >= 15 is 0 Å². The summed E-state index contributed by atoms with van der Waals surface area (Å²) in [5.74, 6) is -1.04. The number of ether oxygens (including phenoxy) is 2. The molecule has 1 aromatic rings. The molecule has 5 nitrogen and oxygen atoms in total. The van der Waals surface area contributed by atoms with Crippen LogP contribution in [0.5, 0.6) is 0 Å². The van der Waals surface area contributed by atoms with Gasteiger partial charge in [0.1, 0.15) is 0 Å². The van der Waals surface area contributed by atoms with Crippen molar-refractivity contribution in [3.05, 3.63) is 35.9 Å². The molecule has 1 N–H and O–H groups in total. The Labute approximate surface area is 142 Å². The van der Waals surface area contributed by atoms with Crippen molar-refractivity contribution >= 4 is 11.9 Å². The van der Waals surface area contributed by atoms with Gasteiger partial charge in [-0.3, -0.25) is 9.59 Å². The maximum Gasteiger partial charge on any atom is 0.310 e. The molecule has 1 saturated carbocycles. The fourth-order valence-corrected chi connectivity index (χ4v) is 4.59. The van der Waals surface area contributed by atoms with E-state index in [1.54, 1.807) is 0 Å². The van der Waals surface area contributed by atoms with E-state index in [1.807, 2.05) is 30.3 Å². The lowest BCUT2D eigenvalue weighted by Crippen LogP contribution is -2.53. The highest BCUT2D eigenvalue weighted by atomic mass is 16.5. The lowest BCUT2D eigenvalue weighted by atomic mass is 9.58. The lowest BCUT2D eigenvalue weighted by Gasteiger charge is -2.47. The van der Waals surface area contributed by atoms with Crippen molar-refractivity contribution < 1.29 is 19.1 Å². The van der Waals surface area contributed by atoms with Crippen LogP contribution in [0.2, 0.25) is 0 Å². The van der Waals surface area contributed by atoms with E-state index in [-0.39, 0.29) is 23.8 Å². The van der Waals surface area contributed by atoms with Gasteiger partial charge in [0.25, 0.3) is 0 Å². The summed E-state index contributed by atoms with van der Waals surface area (Å²) in [5, 5.41) is 3.37. The molecule has 2 fully saturated rings. The number of fused-ring (bicyclic) bond motifs is 1. The number of hydrogen-bond acceptors (Lipinski definition) is 5. The monoisotopic (exact) mass is 331 g/mol. The van der Waals surface area contributed by atoms with Crippen LogP contribution in [0.3, 0.4) is 0 Å². The van der Waals surface area contributed by atoms with Gasteiger partial charge in [0.15, 0.2) is 0 Å². The minimum absolute atomic E-state index is 0.0119. The average molecular weight is 331 g/mol. The topological polar surface area (TPSA) is 64.6 Å². The highest BCUT2D eigenvalue weighted by Gasteiger charge is 2.52. The summed E-state index contributed by atoms with van der Waals surface area (Å²) in [6, 6.07) is 9.99. The highest BCUT2D eigenvalue weighted by Crippen LogP contribution is 2.49. The number of rotatable bonds is 3. The quantitative estimate of drug-likeness (QED) is 0.858. The van der Waals surface area contributed by atoms with Crippen molar-refractivity contribution in [3.8, 4) is 0 Å². The molecule has 0 aromatic heterocycles. The molecule has 24 heavy (non-hydrogen) atoms. The minimum Gasteiger partial charge on any atom is -0.469 e. The van der Waals surface area contributed by atoms with Crippen molar-refractivity contribution in [2.75, 3.05) is 27.3 Å². The first-order valence-corrected chi connectivity index (χ1v) is 8.58. The SMILES string of the molecule is COC(=O)C1C(c2ccccc2)CC2CCNCC2C1C(=O)OC. The maximum absolute atomic E-state index is 12.6. The minimum atomic E-state index is -0.494. The Balaban J connectivity index is 2.03. The van der Waals surface area contributed by atoms with Crippen LogP contribution in [0.15, 0.2) is 30.3 Å². The van der Waals surface area contributed by atoms with Crippen molar-refractivity contribution in [2.45, 2.75) is 18.8 Å². The van der Waals surface area contributed by atoms with Crippen LogP contribution >= 0.6 is 0 Å². The Bertz CT molecular complexity index is 588. The van der Waals surface area contributed by atoms with Gasteiger partial charge >= 0.3 is 11.9 Å². The van der Waals surface area contributed by atoms with Crippen LogP contribution in [0, 0.1) is 23.7 Å². The predicted octanol–water partition coefficient (Wildman–Crippen LogP) is 1.98. The molecule has 0 radical (unpaired) electrons. The van der Waals surface area contributed by atoms with Gasteiger partial charge in [0.2, 0.25) is 0 Å². The molecule has 2 aliphatic rings. The van der Waals surface area contributed by atoms with Crippen LogP contribution in [-0.2, 0) is 19.1 Å². The highest BCUT2D eigenvalue weighted by molar-refractivity contribution is 5.83. The van der Waals surface area contributed by atoms with E-state index in [2.05, 4.69) is 5.32 Å². The largest absolute Gasteiger partial charge is 0.469 e. The molecule has 1 heterocycles. The number of nitrogens with one attached hydrogen (secondary N) is 1. The van der Waals surface area contributed by atoms with Gasteiger partial charge in [-0.05, 0) is 49.2 Å². The summed E-state index contributed by atoms with van der Waals surface area (Å²) in [6.45, 7) is 1.71. The van der Waals surface area contributed by atoms with E-state index in [1.165, 1.54) is 14.2 Å². The second-order valence-electron chi connectivity index (χ2n) is 6.77. The van der Waals surface area contributed by atoms with Gasteiger partial charge in [-0.25, -0.2) is 0 Å². The van der Waals surface area contributed by atoms with E-state index < -0.39 is 11.8 Å². The van der Waals surface area contributed by atoms with Crippen LogP contribution in [0.4, 0.5) is 0 Å². The summed E-state index contributed by atoms with van der Waals surface area (Å²) in [5.41, 5.74) is 1.10. The molecule has 0 bridgehead atoms. The van der Waals surface area contributed by atoms with E-state index in [0.717, 1.165) is 31.5 Å². The Morgan fingerprint density at radius 3 is 2.38 bits per heavy atom. The Morgan fingerprint density at radius 1 is 1.04 bits per heavy atom. The second kappa shape index (κ2) is 7.34. The average Bonchev–Trinajstić information content (AvgIpc) is 2.65. The molecular formula is C19H25NO4. The summed E-state index contributed by atoms with van der Waals surface area (Å²) >= 11 is 0. The van der Waals surface area contributed by atoms with Crippen LogP contribution in [-0.4, -0.2) is 39.2 Å². The smallest absolute Gasteiger partial charge is 0.310 e. The van der Waals surface area contributed by atoms with Gasteiger partial charge in [0.05, 0.1) is 26.1 Å². The van der Waals surface area contributed by atoms with Gasteiger partial charge in [-0.15, -0.1) is 0 Å². The maximum atomic E-state index is 12.6. The zero-order valence-electron chi connectivity index (χ0n) is 14.2. The van der Waals surface area contributed by atoms with Gasteiger partial charge in [0, 0.05) is 0 Å². The second-order valence-corrected chi connectivity index (χ2v) is 6.77. The predicted molar refractivity (Wildman–Crippen MR) is 89.3 cm³/mol. The molecule has 0 amide bonds. The van der Waals surface area contributed by atoms with Crippen molar-refractivity contribution in [1.82, 2.24) is 5.32 Å². The number of piperidine rings is 1. The molecule has 1 saturated heterocycles. The lowest BCUT2D eigenvalue weighted by molar-refractivity contribution is -0.166. The normalized spacial score (nSPS) is 32.5. The van der Waals surface area contributed by atoms with Crippen molar-refractivity contribution in [3.63, 3.8) is 0 Å². The third-order valence-electron chi connectivity index (χ3n) is 5.69. The summed E-state index contributed by atoms with van der Waals surface area (Å²) in [4.78, 5) is 25.2. The molecule has 5 atom stereocenters. The van der Waals surface area contributed by atoms with Crippen LogP contribution in [0.1, 0.15) is 24.3 Å². The first-order chi connectivity index (χ1) is 11.7. The van der Waals surface area contributed by atoms with Crippen LogP contribution < -0.4 is 5.32 Å². The Hall–Kier alpha value is -1.88. The van der Waals surface area contributed by atoms with Gasteiger partial charge in [-0.2, -0.15) is 0 Å². The first kappa shape index (κ1) is 17.0. The number of benzene rings is 1. The number of hydrogen-bond donors (Lipinski definition) is 1. The summed E-state index contributed by atoms with van der Waals surface area (Å²) in [7, 11) is 2.79. The Morgan fingerprint density at radius 2 is 1.71 bits per heavy atom. The van der Waals surface area contributed by atoms with Crippen molar-refractivity contribution in [1.29, 1.82) is 0 Å². The molecule has 5 unspecified atom stereocenters. The van der Waals surface area contributed by atoms with Crippen molar-refractivity contribution in [2.24, 2.45) is 23.7 Å². The molecule has 1 aliphatic heterocycles. The molecule has 130 valence electrons. The molecule has 5 heteroatoms. The van der Waals surface area contributed by atoms with E-state index in [4.69, 9.17) is 9.47 Å². The number of carbonyl (C=O) groups is 2. The zero-order chi connectivity index (χ0) is 17.1. The first-order valence-electron chi connectivity index (χ1n) is 8.58. The molecule has 0 spiro atoms. The third kappa shape index (κ3) is 3.05. The zero-order valence-corrected chi connectivity index (χ0v) is 14.2. The van der Waals surface area contributed by atoms with E-state index in [9.17, 15) is 9.59 Å². The molecule has 1 aliphatic carbocycles. The standard InChI is InChI=1S/C19H25NO4/c1-23-18(21)16-14(12-6-4-3-5-7-12)10-13-8-9-20-11-15(13)17(16)19(22)24-2/h3-7,13-17,20H,8-11H2,1-2H3. The molecule has 3 rings (SSSR count). The van der Waals surface area contributed by atoms with Crippen LogP contribution in [0.25, 0.3) is 0 Å². The number of methoxy groups -OCH3 is 2. The number of carbonyl (C=O) groups excluding carboxylic acids is 2. The summed E-state index contributed by atoms with van der Waals surface area (Å²) in [6.07, 6.45) is 1.93. The molecular weight excluding hydrogens is 306 g/mol. The Kier molecular flexibility index (Phi) is 5.19. The third-order valence-corrected chi connectivity index (χ3v) is 5.69. The fraction of sp³-hybridized carbons (Fsp3) is 0.579. The number of esters is 2. The molecule has 1 aromatic carbocycles. The fourth-order valence-electron chi connectivity index (χ4n) is 4.59. The van der Waals surface area contributed by atoms with Gasteiger partial charge in [-0.1, -0.05) is 30.3 Å². The summed E-state index contributed by atoms with van der Waals surface area (Å²) < 4.78 is 10.2. The van der Waals surface area contributed by atoms with Gasteiger partial charge < -0.3 is 14.8 Å². The van der Waals surface area contributed by atoms with E-state index in [0.29, 0.717) is 5.92 Å².